The van der Waals surface area contributed by atoms with E-state index in [-0.39, 0.29) is 11.1 Å². The number of aryl methyl sites for hydroxylation is 1. The summed E-state index contributed by atoms with van der Waals surface area (Å²) in [6.07, 6.45) is 0.561. The van der Waals surface area contributed by atoms with Crippen molar-refractivity contribution in [1.82, 2.24) is 0 Å². The van der Waals surface area contributed by atoms with Crippen LogP contribution in [0.2, 0.25) is 0 Å². The molecule has 2 N–H and O–H groups in total. The van der Waals surface area contributed by atoms with Gasteiger partial charge in [-0.25, -0.2) is 9.59 Å². The van der Waals surface area contributed by atoms with E-state index < -0.39 is 11.9 Å². The van der Waals surface area contributed by atoms with E-state index in [0.717, 1.165) is 5.56 Å². The molecule has 4 nitrogen and oxygen atoms in total. The summed E-state index contributed by atoms with van der Waals surface area (Å²) >= 11 is 4.15. The maximum absolute atomic E-state index is 11.5. The van der Waals surface area contributed by atoms with E-state index in [0.29, 0.717) is 23.3 Å². The normalized spacial score (nSPS) is 10.3. The molecule has 0 bridgehead atoms. The van der Waals surface area contributed by atoms with Crippen molar-refractivity contribution in [3.8, 4) is 11.1 Å². The Kier molecular flexibility index (Phi) is 4.65. The van der Waals surface area contributed by atoms with Gasteiger partial charge in [0.25, 0.3) is 0 Å². The summed E-state index contributed by atoms with van der Waals surface area (Å²) < 4.78 is 0. The van der Waals surface area contributed by atoms with Gasteiger partial charge in [-0.15, -0.1) is 0 Å². The Balaban J connectivity index is 2.54. The third-order valence-electron chi connectivity index (χ3n) is 3.19. The van der Waals surface area contributed by atoms with E-state index in [1.807, 2.05) is 0 Å². The minimum atomic E-state index is -1.01. The molecule has 21 heavy (non-hydrogen) atoms. The maximum atomic E-state index is 11.5. The van der Waals surface area contributed by atoms with Crippen LogP contribution in [0.5, 0.6) is 0 Å². The van der Waals surface area contributed by atoms with Gasteiger partial charge in [0.2, 0.25) is 0 Å². The smallest absolute Gasteiger partial charge is 0.336 e. The quantitative estimate of drug-likeness (QED) is 0.741. The van der Waals surface area contributed by atoms with Crippen LogP contribution in [0.15, 0.2) is 42.5 Å². The van der Waals surface area contributed by atoms with Gasteiger partial charge in [0.05, 0.1) is 11.1 Å². The lowest BCUT2D eigenvalue weighted by Gasteiger charge is -2.11. The second-order valence-corrected chi connectivity index (χ2v) is 4.95. The maximum Gasteiger partial charge on any atom is 0.336 e. The fourth-order valence-electron chi connectivity index (χ4n) is 2.21. The zero-order chi connectivity index (χ0) is 15.4. The van der Waals surface area contributed by atoms with Gasteiger partial charge < -0.3 is 10.2 Å². The van der Waals surface area contributed by atoms with Crippen LogP contribution in [0.1, 0.15) is 26.3 Å². The number of rotatable bonds is 5. The van der Waals surface area contributed by atoms with Crippen LogP contribution in [-0.4, -0.2) is 27.9 Å². The summed E-state index contributed by atoms with van der Waals surface area (Å²) in [4.78, 5) is 22.4. The van der Waals surface area contributed by atoms with Crippen LogP contribution in [0, 0.1) is 0 Å². The summed E-state index contributed by atoms with van der Waals surface area (Å²) in [5.74, 6) is -1.45. The van der Waals surface area contributed by atoms with Crippen LogP contribution in [0.25, 0.3) is 11.1 Å². The summed E-state index contributed by atoms with van der Waals surface area (Å²) in [6.45, 7) is 0. The van der Waals surface area contributed by atoms with E-state index in [2.05, 4.69) is 12.6 Å². The van der Waals surface area contributed by atoms with Crippen LogP contribution >= 0.6 is 12.6 Å². The second kappa shape index (κ2) is 6.45. The molecule has 0 aliphatic carbocycles. The van der Waals surface area contributed by atoms with Gasteiger partial charge in [-0.3, -0.25) is 0 Å². The third kappa shape index (κ3) is 3.25. The monoisotopic (exact) mass is 302 g/mol. The summed E-state index contributed by atoms with van der Waals surface area (Å²) in [7, 11) is 0. The number of carboxylic acid groups (broad SMARTS) is 2. The van der Waals surface area contributed by atoms with Gasteiger partial charge in [-0.05, 0) is 41.0 Å². The van der Waals surface area contributed by atoms with Gasteiger partial charge in [0.15, 0.2) is 0 Å². The fraction of sp³-hybridized carbons (Fsp3) is 0.125. The van der Waals surface area contributed by atoms with Crippen LogP contribution in [0.4, 0.5) is 0 Å². The first-order chi connectivity index (χ1) is 10.0. The molecule has 0 aliphatic rings. The number of aromatic carboxylic acids is 2. The van der Waals surface area contributed by atoms with E-state index in [1.54, 1.807) is 30.3 Å². The van der Waals surface area contributed by atoms with Gasteiger partial charge in [-0.1, -0.05) is 30.3 Å². The Morgan fingerprint density at radius 3 is 2.14 bits per heavy atom. The molecule has 0 aromatic heterocycles. The lowest BCUT2D eigenvalue weighted by molar-refractivity contribution is 0.0685. The molecule has 2 aromatic rings. The predicted molar refractivity (Wildman–Crippen MR) is 83.4 cm³/mol. The minimum Gasteiger partial charge on any atom is -0.478 e. The molecule has 0 radical (unpaired) electrons. The molecule has 0 amide bonds. The molecule has 0 heterocycles. The van der Waals surface area contributed by atoms with Crippen LogP contribution < -0.4 is 0 Å². The Morgan fingerprint density at radius 2 is 1.62 bits per heavy atom. The number of hydrogen-bond acceptors (Lipinski definition) is 3. The number of carboxylic acids is 2. The van der Waals surface area contributed by atoms with Crippen molar-refractivity contribution in [2.24, 2.45) is 0 Å². The number of benzene rings is 2. The molecule has 0 saturated heterocycles. The standard InChI is InChI=1S/C16H14O4S/c17-15(18)12-6-4-10(5-7-12)13-3-1-2-11(8-9-21)14(13)16(19)20/h1-7,21H,8-9H2,(H,17,18)(H,19,20). The first kappa shape index (κ1) is 15.1. The SMILES string of the molecule is O=C(O)c1ccc(-c2cccc(CCS)c2C(=O)O)cc1. The Bertz CT molecular complexity index is 677. The first-order valence-corrected chi connectivity index (χ1v) is 6.97. The van der Waals surface area contributed by atoms with Crippen molar-refractivity contribution >= 4 is 24.6 Å². The number of thiol groups is 1. The van der Waals surface area contributed by atoms with Crippen LogP contribution in [-0.2, 0) is 6.42 Å². The highest BCUT2D eigenvalue weighted by molar-refractivity contribution is 7.80. The van der Waals surface area contributed by atoms with Crippen molar-refractivity contribution in [2.45, 2.75) is 6.42 Å². The van der Waals surface area contributed by atoms with Gasteiger partial charge in [0.1, 0.15) is 0 Å². The molecule has 0 spiro atoms. The van der Waals surface area contributed by atoms with Crippen molar-refractivity contribution < 1.29 is 19.8 Å². The molecular weight excluding hydrogens is 288 g/mol. The molecule has 2 aromatic carbocycles. The number of carbonyl (C=O) groups is 2. The van der Waals surface area contributed by atoms with Gasteiger partial charge in [0, 0.05) is 0 Å². The van der Waals surface area contributed by atoms with E-state index in [4.69, 9.17) is 5.11 Å². The second-order valence-electron chi connectivity index (χ2n) is 4.50. The highest BCUT2D eigenvalue weighted by atomic mass is 32.1. The van der Waals surface area contributed by atoms with E-state index >= 15 is 0 Å². The summed E-state index contributed by atoms with van der Waals surface area (Å²) in [6, 6.07) is 11.5. The molecule has 2 rings (SSSR count). The molecular formula is C16H14O4S. The molecule has 0 aliphatic heterocycles. The molecule has 0 atom stereocenters. The Hall–Kier alpha value is -2.27. The average molecular weight is 302 g/mol. The van der Waals surface area contributed by atoms with Crippen molar-refractivity contribution in [3.05, 3.63) is 59.2 Å². The Morgan fingerprint density at radius 1 is 0.952 bits per heavy atom. The Labute approximate surface area is 127 Å². The van der Waals surface area contributed by atoms with E-state index in [9.17, 15) is 14.7 Å². The topological polar surface area (TPSA) is 74.6 Å². The lowest BCUT2D eigenvalue weighted by Crippen LogP contribution is -2.06. The highest BCUT2D eigenvalue weighted by Crippen LogP contribution is 2.27. The van der Waals surface area contributed by atoms with Gasteiger partial charge in [-0.2, -0.15) is 12.6 Å². The summed E-state index contributed by atoms with van der Waals surface area (Å²) in [5, 5.41) is 18.4. The van der Waals surface area contributed by atoms with Crippen molar-refractivity contribution in [1.29, 1.82) is 0 Å². The predicted octanol–water partition coefficient (Wildman–Crippen LogP) is 3.22. The summed E-state index contributed by atoms with van der Waals surface area (Å²) in [5.41, 5.74) is 2.39. The number of hydrogen-bond donors (Lipinski definition) is 3. The third-order valence-corrected chi connectivity index (χ3v) is 3.41. The molecule has 0 unspecified atom stereocenters. The lowest BCUT2D eigenvalue weighted by atomic mass is 9.94. The molecule has 0 fully saturated rings. The average Bonchev–Trinajstić information content (AvgIpc) is 2.47. The fourth-order valence-corrected chi connectivity index (χ4v) is 2.46. The zero-order valence-corrected chi connectivity index (χ0v) is 12.0. The van der Waals surface area contributed by atoms with E-state index in [1.165, 1.54) is 12.1 Å². The molecule has 0 saturated carbocycles. The minimum absolute atomic E-state index is 0.169. The van der Waals surface area contributed by atoms with Gasteiger partial charge >= 0.3 is 11.9 Å². The largest absolute Gasteiger partial charge is 0.478 e. The van der Waals surface area contributed by atoms with Crippen LogP contribution in [0.3, 0.4) is 0 Å². The highest BCUT2D eigenvalue weighted by Gasteiger charge is 2.16. The van der Waals surface area contributed by atoms with Crippen molar-refractivity contribution in [3.63, 3.8) is 0 Å². The zero-order valence-electron chi connectivity index (χ0n) is 11.1. The molecule has 108 valence electrons. The first-order valence-electron chi connectivity index (χ1n) is 6.34. The molecule has 5 heteroatoms. The van der Waals surface area contributed by atoms with Crippen molar-refractivity contribution in [2.75, 3.05) is 5.75 Å².